The Hall–Kier alpha value is -0.0800. The van der Waals surface area contributed by atoms with E-state index in [1.165, 1.54) is 19.4 Å². The molecule has 2 atom stereocenters. The van der Waals surface area contributed by atoms with E-state index in [9.17, 15) is 5.11 Å². The smallest absolute Gasteiger partial charge is 0.0675 e. The van der Waals surface area contributed by atoms with Gasteiger partial charge in [0.05, 0.1) is 5.60 Å². The van der Waals surface area contributed by atoms with E-state index in [0.29, 0.717) is 11.5 Å². The van der Waals surface area contributed by atoms with Gasteiger partial charge in [-0.15, -0.1) is 0 Å². The normalized spacial score (nSPS) is 36.4. The third kappa shape index (κ3) is 2.98. The Bertz CT molecular complexity index is 246. The van der Waals surface area contributed by atoms with Gasteiger partial charge in [-0.3, -0.25) is 0 Å². The van der Waals surface area contributed by atoms with E-state index in [4.69, 9.17) is 0 Å². The van der Waals surface area contributed by atoms with Crippen molar-refractivity contribution >= 4 is 0 Å². The van der Waals surface area contributed by atoms with Crippen LogP contribution in [0.1, 0.15) is 59.3 Å². The van der Waals surface area contributed by atoms with Gasteiger partial charge in [0.25, 0.3) is 0 Å². The average molecular weight is 225 g/mol. The Kier molecular flexibility index (Phi) is 3.33. The fourth-order valence-corrected chi connectivity index (χ4v) is 3.15. The number of fused-ring (bicyclic) bond motifs is 1. The molecule has 94 valence electrons. The Labute approximate surface area is 100 Å². The van der Waals surface area contributed by atoms with Crippen LogP contribution in [-0.4, -0.2) is 34.7 Å². The molecule has 0 radical (unpaired) electrons. The molecule has 2 fully saturated rings. The number of rotatable bonds is 2. The summed E-state index contributed by atoms with van der Waals surface area (Å²) in [6.07, 6.45) is 6.76. The maximum atomic E-state index is 10.7. The minimum atomic E-state index is -0.362. The summed E-state index contributed by atoms with van der Waals surface area (Å²) in [5.41, 5.74) is -0.0126. The molecule has 0 spiro atoms. The Morgan fingerprint density at radius 3 is 2.75 bits per heavy atom. The van der Waals surface area contributed by atoms with Crippen LogP contribution >= 0.6 is 0 Å². The summed E-state index contributed by atoms with van der Waals surface area (Å²) in [5, 5.41) is 10.7. The first kappa shape index (κ1) is 12.4. The second kappa shape index (κ2) is 4.30. The largest absolute Gasteiger partial charge is 0.390 e. The maximum Gasteiger partial charge on any atom is 0.0675 e. The lowest BCUT2D eigenvalue weighted by atomic mass is 9.78. The lowest BCUT2D eigenvalue weighted by molar-refractivity contribution is -0.0480. The highest BCUT2D eigenvalue weighted by molar-refractivity contribution is 4.95. The molecule has 0 saturated carbocycles. The fourth-order valence-electron chi connectivity index (χ4n) is 3.15. The van der Waals surface area contributed by atoms with Crippen LogP contribution < -0.4 is 0 Å². The molecule has 0 aliphatic carbocycles. The molecule has 2 unspecified atom stereocenters. The first-order valence-corrected chi connectivity index (χ1v) is 6.84. The summed E-state index contributed by atoms with van der Waals surface area (Å²) >= 11 is 0. The van der Waals surface area contributed by atoms with Gasteiger partial charge in [-0.25, -0.2) is 0 Å². The second-order valence-electron chi connectivity index (χ2n) is 7.07. The van der Waals surface area contributed by atoms with Gasteiger partial charge in [0.2, 0.25) is 0 Å². The quantitative estimate of drug-likeness (QED) is 0.781. The summed E-state index contributed by atoms with van der Waals surface area (Å²) in [5.74, 6) is 0. The standard InChI is InChI=1S/C14H27NO/c1-13(2,3)6-7-14(16)8-10-15-9-4-5-12(15)11-14/h12,16H,4-11H2,1-3H3. The van der Waals surface area contributed by atoms with Crippen molar-refractivity contribution in [3.05, 3.63) is 0 Å². The summed E-state index contributed by atoms with van der Waals surface area (Å²) in [7, 11) is 0. The molecule has 16 heavy (non-hydrogen) atoms. The Balaban J connectivity index is 1.88. The van der Waals surface area contributed by atoms with Crippen molar-refractivity contribution in [3.63, 3.8) is 0 Å². The van der Waals surface area contributed by atoms with E-state index >= 15 is 0 Å². The van der Waals surface area contributed by atoms with Gasteiger partial charge in [-0.05, 0) is 50.5 Å². The number of aliphatic hydroxyl groups is 1. The average Bonchev–Trinajstić information content (AvgIpc) is 2.61. The first-order chi connectivity index (χ1) is 7.38. The van der Waals surface area contributed by atoms with Crippen LogP contribution in [0.5, 0.6) is 0 Å². The molecule has 0 amide bonds. The van der Waals surface area contributed by atoms with Gasteiger partial charge in [-0.1, -0.05) is 20.8 Å². The number of nitrogens with zero attached hydrogens (tertiary/aromatic N) is 1. The maximum absolute atomic E-state index is 10.7. The molecule has 2 nitrogen and oxygen atoms in total. The van der Waals surface area contributed by atoms with E-state index < -0.39 is 0 Å². The van der Waals surface area contributed by atoms with Crippen LogP contribution in [0.3, 0.4) is 0 Å². The highest BCUT2D eigenvalue weighted by Crippen LogP contribution is 2.37. The molecule has 2 aliphatic heterocycles. The van der Waals surface area contributed by atoms with Crippen molar-refractivity contribution < 1.29 is 5.11 Å². The predicted molar refractivity (Wildman–Crippen MR) is 67.5 cm³/mol. The molecule has 2 heteroatoms. The Morgan fingerprint density at radius 1 is 1.31 bits per heavy atom. The van der Waals surface area contributed by atoms with Crippen LogP contribution in [0.4, 0.5) is 0 Å². The minimum absolute atomic E-state index is 0.350. The van der Waals surface area contributed by atoms with Crippen molar-refractivity contribution in [2.75, 3.05) is 13.1 Å². The summed E-state index contributed by atoms with van der Waals surface area (Å²) < 4.78 is 0. The minimum Gasteiger partial charge on any atom is -0.390 e. The zero-order valence-corrected chi connectivity index (χ0v) is 11.1. The van der Waals surface area contributed by atoms with Gasteiger partial charge in [0.1, 0.15) is 0 Å². The summed E-state index contributed by atoms with van der Waals surface area (Å²) in [6, 6.07) is 0.679. The van der Waals surface area contributed by atoms with Crippen molar-refractivity contribution in [3.8, 4) is 0 Å². The third-order valence-electron chi connectivity index (χ3n) is 4.32. The highest BCUT2D eigenvalue weighted by atomic mass is 16.3. The summed E-state index contributed by atoms with van der Waals surface area (Å²) in [4.78, 5) is 2.57. The van der Waals surface area contributed by atoms with E-state index in [-0.39, 0.29) is 5.60 Å². The molecule has 0 aromatic heterocycles. The van der Waals surface area contributed by atoms with Crippen molar-refractivity contribution in [2.45, 2.75) is 70.9 Å². The molecular formula is C14H27NO. The lowest BCUT2D eigenvalue weighted by Crippen LogP contribution is -2.47. The Morgan fingerprint density at radius 2 is 2.06 bits per heavy atom. The SMILES string of the molecule is CC(C)(C)CCC1(O)CCN2CCCC2C1. The topological polar surface area (TPSA) is 23.5 Å². The van der Waals surface area contributed by atoms with Gasteiger partial charge in [-0.2, -0.15) is 0 Å². The zero-order valence-electron chi connectivity index (χ0n) is 11.1. The van der Waals surface area contributed by atoms with Gasteiger partial charge in [0.15, 0.2) is 0 Å². The van der Waals surface area contributed by atoms with Crippen LogP contribution in [0.2, 0.25) is 0 Å². The summed E-state index contributed by atoms with van der Waals surface area (Å²) in [6.45, 7) is 9.18. The predicted octanol–water partition coefficient (Wildman–Crippen LogP) is 2.80. The van der Waals surface area contributed by atoms with E-state index in [2.05, 4.69) is 25.7 Å². The monoisotopic (exact) mass is 225 g/mol. The highest BCUT2D eigenvalue weighted by Gasteiger charge is 2.40. The molecule has 0 aromatic rings. The third-order valence-corrected chi connectivity index (χ3v) is 4.32. The van der Waals surface area contributed by atoms with E-state index in [0.717, 1.165) is 32.2 Å². The molecule has 2 rings (SSSR count). The second-order valence-corrected chi connectivity index (χ2v) is 7.07. The van der Waals surface area contributed by atoms with Crippen molar-refractivity contribution in [1.29, 1.82) is 0 Å². The van der Waals surface area contributed by atoms with Crippen LogP contribution in [-0.2, 0) is 0 Å². The van der Waals surface area contributed by atoms with Gasteiger partial charge >= 0.3 is 0 Å². The van der Waals surface area contributed by atoms with E-state index in [1.54, 1.807) is 0 Å². The van der Waals surface area contributed by atoms with Crippen molar-refractivity contribution in [2.24, 2.45) is 5.41 Å². The van der Waals surface area contributed by atoms with Crippen LogP contribution in [0, 0.1) is 5.41 Å². The molecule has 0 bridgehead atoms. The van der Waals surface area contributed by atoms with E-state index in [1.807, 2.05) is 0 Å². The van der Waals surface area contributed by atoms with Crippen LogP contribution in [0.25, 0.3) is 0 Å². The first-order valence-electron chi connectivity index (χ1n) is 6.84. The molecule has 0 aromatic carbocycles. The zero-order chi connectivity index (χ0) is 11.8. The molecule has 2 heterocycles. The molecular weight excluding hydrogens is 198 g/mol. The molecule has 2 saturated heterocycles. The molecule has 1 N–H and O–H groups in total. The van der Waals surface area contributed by atoms with Gasteiger partial charge in [0, 0.05) is 12.6 Å². The number of hydrogen-bond donors (Lipinski definition) is 1. The van der Waals surface area contributed by atoms with Gasteiger partial charge < -0.3 is 10.0 Å². The lowest BCUT2D eigenvalue weighted by Gasteiger charge is -2.42. The number of hydrogen-bond acceptors (Lipinski definition) is 2. The number of piperidine rings is 1. The molecule has 2 aliphatic rings. The van der Waals surface area contributed by atoms with Crippen LogP contribution in [0.15, 0.2) is 0 Å². The van der Waals surface area contributed by atoms with Crippen molar-refractivity contribution in [1.82, 2.24) is 4.90 Å². The fraction of sp³-hybridized carbons (Fsp3) is 1.00.